The van der Waals surface area contributed by atoms with Crippen molar-refractivity contribution < 1.29 is 0 Å². The van der Waals surface area contributed by atoms with Gasteiger partial charge in [-0.2, -0.15) is 0 Å². The first-order valence-electron chi connectivity index (χ1n) is 5.72. The Labute approximate surface area is 111 Å². The molecule has 1 aromatic rings. The predicted octanol–water partition coefficient (Wildman–Crippen LogP) is 1.60. The lowest BCUT2D eigenvalue weighted by atomic mass is 10.3. The van der Waals surface area contributed by atoms with Crippen LogP contribution in [0.5, 0.6) is 0 Å². The molecule has 1 heterocycles. The molecule has 17 heavy (non-hydrogen) atoms. The van der Waals surface area contributed by atoms with Crippen LogP contribution in [0.2, 0.25) is 0 Å². The maximum Gasteiger partial charge on any atom is 0.148 e. The van der Waals surface area contributed by atoms with Gasteiger partial charge >= 0.3 is 0 Å². The maximum atomic E-state index is 5.76. The summed E-state index contributed by atoms with van der Waals surface area (Å²) in [6, 6.07) is 0. The third-order valence-corrected chi connectivity index (χ3v) is 3.27. The van der Waals surface area contributed by atoms with E-state index in [9.17, 15) is 0 Å². The molecule has 5 nitrogen and oxygen atoms in total. The van der Waals surface area contributed by atoms with Crippen LogP contribution in [0.15, 0.2) is 10.8 Å². The van der Waals surface area contributed by atoms with Crippen LogP contribution >= 0.6 is 15.9 Å². The van der Waals surface area contributed by atoms with Gasteiger partial charge in [-0.05, 0) is 49.9 Å². The van der Waals surface area contributed by atoms with E-state index < -0.39 is 0 Å². The largest absolute Gasteiger partial charge is 0.383 e. The smallest absolute Gasteiger partial charge is 0.148 e. The number of hydrogen-bond donors (Lipinski definition) is 1. The molecule has 0 aromatic carbocycles. The van der Waals surface area contributed by atoms with Crippen LogP contribution in [0, 0.1) is 0 Å². The highest BCUT2D eigenvalue weighted by atomic mass is 79.9. The number of nitrogens with zero attached hydrogens (tertiary/aromatic N) is 4. The van der Waals surface area contributed by atoms with Gasteiger partial charge in [-0.15, -0.1) is 0 Å². The van der Waals surface area contributed by atoms with Crippen molar-refractivity contribution in [1.82, 2.24) is 14.9 Å². The summed E-state index contributed by atoms with van der Waals surface area (Å²) in [5, 5.41) is 0. The minimum atomic E-state index is 0.487. The fraction of sp³-hybridized carbons (Fsp3) is 0.636. The predicted molar refractivity (Wildman–Crippen MR) is 75.2 cm³/mol. The summed E-state index contributed by atoms with van der Waals surface area (Å²) in [5.41, 5.74) is 5.76. The van der Waals surface area contributed by atoms with Crippen molar-refractivity contribution in [3.8, 4) is 0 Å². The highest BCUT2D eigenvalue weighted by Gasteiger charge is 2.12. The topological polar surface area (TPSA) is 58.3 Å². The molecule has 1 aromatic heterocycles. The Kier molecular flexibility index (Phi) is 5.64. The summed E-state index contributed by atoms with van der Waals surface area (Å²) < 4.78 is 0.784. The Morgan fingerprint density at radius 3 is 2.59 bits per heavy atom. The number of rotatable bonds is 6. The van der Waals surface area contributed by atoms with Crippen LogP contribution in [0.4, 0.5) is 11.6 Å². The number of halogens is 1. The van der Waals surface area contributed by atoms with E-state index in [1.165, 1.54) is 6.33 Å². The zero-order valence-corrected chi connectivity index (χ0v) is 12.2. The van der Waals surface area contributed by atoms with Gasteiger partial charge in [-0.3, -0.25) is 0 Å². The Hall–Kier alpha value is -0.880. The van der Waals surface area contributed by atoms with Gasteiger partial charge in [0.15, 0.2) is 0 Å². The minimum absolute atomic E-state index is 0.487. The Bertz CT molecular complexity index is 356. The zero-order chi connectivity index (χ0) is 12.8. The summed E-state index contributed by atoms with van der Waals surface area (Å²) in [6.45, 7) is 5.04. The molecule has 96 valence electrons. The molecule has 0 saturated heterocycles. The molecule has 0 saturated carbocycles. The standard InChI is InChI=1S/C11H20BrN5/c1-4-17(7-5-6-16(2)3)11-9(12)10(13)14-8-15-11/h8H,4-7H2,1-3H3,(H2,13,14,15). The highest BCUT2D eigenvalue weighted by Crippen LogP contribution is 2.27. The summed E-state index contributed by atoms with van der Waals surface area (Å²) >= 11 is 3.44. The fourth-order valence-corrected chi connectivity index (χ4v) is 2.04. The first kappa shape index (κ1) is 14.2. The SMILES string of the molecule is CCN(CCCN(C)C)c1ncnc(N)c1Br. The minimum Gasteiger partial charge on any atom is -0.383 e. The molecule has 0 bridgehead atoms. The summed E-state index contributed by atoms with van der Waals surface area (Å²) in [7, 11) is 4.16. The van der Waals surface area contributed by atoms with E-state index in [2.05, 4.69) is 56.7 Å². The van der Waals surface area contributed by atoms with Gasteiger partial charge in [-0.1, -0.05) is 0 Å². The van der Waals surface area contributed by atoms with E-state index >= 15 is 0 Å². The van der Waals surface area contributed by atoms with Gasteiger partial charge in [0.2, 0.25) is 0 Å². The van der Waals surface area contributed by atoms with E-state index in [4.69, 9.17) is 5.73 Å². The van der Waals surface area contributed by atoms with Crippen LogP contribution < -0.4 is 10.6 Å². The van der Waals surface area contributed by atoms with E-state index in [1.54, 1.807) is 0 Å². The summed E-state index contributed by atoms with van der Waals surface area (Å²) in [6.07, 6.45) is 2.60. The second-order valence-electron chi connectivity index (χ2n) is 4.13. The molecule has 0 spiro atoms. The van der Waals surface area contributed by atoms with Gasteiger partial charge in [0.1, 0.15) is 22.4 Å². The molecular weight excluding hydrogens is 282 g/mol. The molecule has 0 radical (unpaired) electrons. The van der Waals surface area contributed by atoms with Crippen LogP contribution in [0.3, 0.4) is 0 Å². The average molecular weight is 302 g/mol. The van der Waals surface area contributed by atoms with Crippen molar-refractivity contribution >= 4 is 27.6 Å². The van der Waals surface area contributed by atoms with Crippen molar-refractivity contribution in [2.75, 3.05) is 44.4 Å². The fourth-order valence-electron chi connectivity index (χ4n) is 1.59. The Morgan fingerprint density at radius 2 is 2.00 bits per heavy atom. The Morgan fingerprint density at radius 1 is 1.29 bits per heavy atom. The van der Waals surface area contributed by atoms with Crippen LogP contribution in [0.25, 0.3) is 0 Å². The number of nitrogens with two attached hydrogens (primary N) is 1. The first-order chi connectivity index (χ1) is 8.06. The average Bonchev–Trinajstić information content (AvgIpc) is 2.28. The number of nitrogen functional groups attached to an aromatic ring is 1. The van der Waals surface area contributed by atoms with E-state index in [1.807, 2.05) is 0 Å². The molecule has 0 fully saturated rings. The molecule has 0 aliphatic rings. The third kappa shape index (κ3) is 4.12. The molecule has 6 heteroatoms. The molecule has 2 N–H and O–H groups in total. The van der Waals surface area contributed by atoms with Gasteiger partial charge in [0.25, 0.3) is 0 Å². The Balaban J connectivity index is 2.69. The highest BCUT2D eigenvalue weighted by molar-refractivity contribution is 9.10. The molecule has 0 aliphatic carbocycles. The van der Waals surface area contributed by atoms with Crippen molar-refractivity contribution in [3.63, 3.8) is 0 Å². The van der Waals surface area contributed by atoms with Crippen LogP contribution in [0.1, 0.15) is 13.3 Å². The summed E-state index contributed by atoms with van der Waals surface area (Å²) in [4.78, 5) is 12.6. The lowest BCUT2D eigenvalue weighted by molar-refractivity contribution is 0.400. The molecule has 0 atom stereocenters. The lowest BCUT2D eigenvalue weighted by Crippen LogP contribution is -2.28. The molecule has 0 unspecified atom stereocenters. The number of aromatic nitrogens is 2. The zero-order valence-electron chi connectivity index (χ0n) is 10.6. The van der Waals surface area contributed by atoms with E-state index in [0.717, 1.165) is 36.3 Å². The molecule has 0 aliphatic heterocycles. The van der Waals surface area contributed by atoms with Crippen molar-refractivity contribution in [1.29, 1.82) is 0 Å². The molecular formula is C11H20BrN5. The van der Waals surface area contributed by atoms with Crippen molar-refractivity contribution in [3.05, 3.63) is 10.8 Å². The first-order valence-corrected chi connectivity index (χ1v) is 6.51. The monoisotopic (exact) mass is 301 g/mol. The summed E-state index contributed by atoms with van der Waals surface area (Å²) in [5.74, 6) is 1.36. The molecule has 1 rings (SSSR count). The van der Waals surface area contributed by atoms with Crippen molar-refractivity contribution in [2.45, 2.75) is 13.3 Å². The number of anilines is 2. The second-order valence-corrected chi connectivity index (χ2v) is 4.93. The lowest BCUT2D eigenvalue weighted by Gasteiger charge is -2.23. The van der Waals surface area contributed by atoms with Gasteiger partial charge in [-0.25, -0.2) is 9.97 Å². The third-order valence-electron chi connectivity index (χ3n) is 2.51. The van der Waals surface area contributed by atoms with E-state index in [-0.39, 0.29) is 0 Å². The van der Waals surface area contributed by atoms with Gasteiger partial charge in [0, 0.05) is 13.1 Å². The quantitative estimate of drug-likeness (QED) is 0.865. The number of hydrogen-bond acceptors (Lipinski definition) is 5. The van der Waals surface area contributed by atoms with Gasteiger partial charge in [0.05, 0.1) is 0 Å². The molecule has 0 amide bonds. The van der Waals surface area contributed by atoms with Crippen molar-refractivity contribution in [2.24, 2.45) is 0 Å². The normalized spacial score (nSPS) is 10.9. The maximum absolute atomic E-state index is 5.76. The second kappa shape index (κ2) is 6.76. The van der Waals surface area contributed by atoms with Crippen LogP contribution in [-0.2, 0) is 0 Å². The van der Waals surface area contributed by atoms with Gasteiger partial charge < -0.3 is 15.5 Å². The van der Waals surface area contributed by atoms with E-state index in [0.29, 0.717) is 5.82 Å². The van der Waals surface area contributed by atoms with Crippen LogP contribution in [-0.4, -0.2) is 48.6 Å².